The molecule has 0 bridgehead atoms. The van der Waals surface area contributed by atoms with E-state index in [1.165, 1.54) is 22.5 Å². The Balaban J connectivity index is 0.000000172. The zero-order valence-electron chi connectivity index (χ0n) is 41.0. The summed E-state index contributed by atoms with van der Waals surface area (Å²) >= 11 is 0. The number of anilines is 2. The van der Waals surface area contributed by atoms with Crippen molar-refractivity contribution in [2.45, 2.75) is 50.6 Å². The number of fused-ring (bicyclic) bond motifs is 2. The standard InChI is InChI=1S/C28H37N5O2.C27H35N5O2/c1-30-16-18-32(19-17-30)25-4-3-5-27(35-2)24(25)11-14-31-12-9-23(10-13-31)33-15-8-21-6-7-22(28(29)34)20-26(21)33;1-34-26-4-2-3-24(31-17-11-29-12-18-31)23(26)10-15-30-13-8-22(9-14-30)32-16-7-20-5-6-21(27(28)33)19-25(20)32/h3-8,15,20,23H,9-14,16-19H2,1-2H3,(H2,29,34);2-7,16,19,22,29H,8-15,17-18H2,1H3,(H2,28,33). The van der Waals surface area contributed by atoms with E-state index in [2.05, 4.69) is 107 Å². The molecule has 2 amide bonds. The number of hydrogen-bond donors (Lipinski definition) is 3. The Morgan fingerprint density at radius 2 is 1.00 bits per heavy atom. The molecule has 0 aliphatic carbocycles. The monoisotopic (exact) mass is 937 g/mol. The number of nitrogens with two attached hydrogens (primary N) is 2. The second kappa shape index (κ2) is 22.1. The molecular formula is C55H72N10O4. The molecule has 14 heteroatoms. The van der Waals surface area contributed by atoms with Crippen LogP contribution in [0.5, 0.6) is 11.5 Å². The van der Waals surface area contributed by atoms with Crippen molar-refractivity contribution in [1.82, 2.24) is 29.2 Å². The van der Waals surface area contributed by atoms with Gasteiger partial charge in [0, 0.05) is 161 Å². The molecule has 10 rings (SSSR count). The minimum absolute atomic E-state index is 0.373. The molecular weight excluding hydrogens is 865 g/mol. The van der Waals surface area contributed by atoms with Gasteiger partial charge in [-0.25, -0.2) is 0 Å². The Hall–Kier alpha value is -6.06. The van der Waals surface area contributed by atoms with Gasteiger partial charge in [0.25, 0.3) is 0 Å². The van der Waals surface area contributed by atoms with Crippen molar-refractivity contribution < 1.29 is 19.1 Å². The molecule has 366 valence electrons. The molecule has 6 heterocycles. The van der Waals surface area contributed by atoms with Gasteiger partial charge < -0.3 is 59.9 Å². The molecule has 2 aromatic heterocycles. The second-order valence-corrected chi connectivity index (χ2v) is 19.3. The van der Waals surface area contributed by atoms with Crippen LogP contribution < -0.4 is 36.1 Å². The molecule has 69 heavy (non-hydrogen) atoms. The van der Waals surface area contributed by atoms with Crippen molar-refractivity contribution in [3.8, 4) is 11.5 Å². The second-order valence-electron chi connectivity index (χ2n) is 19.3. The molecule has 4 saturated heterocycles. The molecule has 0 radical (unpaired) electrons. The Morgan fingerprint density at radius 1 is 0.565 bits per heavy atom. The molecule has 0 unspecified atom stereocenters. The summed E-state index contributed by atoms with van der Waals surface area (Å²) in [6.07, 6.45) is 10.7. The Labute approximate surface area is 407 Å². The zero-order chi connectivity index (χ0) is 47.9. The number of nitrogens with one attached hydrogen (secondary N) is 1. The fourth-order valence-corrected chi connectivity index (χ4v) is 11.2. The number of likely N-dealkylation sites (N-methyl/N-ethyl adjacent to an activating group) is 1. The Kier molecular flexibility index (Phi) is 15.4. The lowest BCUT2D eigenvalue weighted by Crippen LogP contribution is -2.45. The van der Waals surface area contributed by atoms with Gasteiger partial charge in [0.1, 0.15) is 11.5 Å². The van der Waals surface area contributed by atoms with Gasteiger partial charge in [-0.2, -0.15) is 0 Å². The van der Waals surface area contributed by atoms with Gasteiger partial charge in [-0.1, -0.05) is 24.3 Å². The van der Waals surface area contributed by atoms with Crippen LogP contribution in [-0.2, 0) is 12.8 Å². The van der Waals surface area contributed by atoms with Crippen molar-refractivity contribution in [3.63, 3.8) is 0 Å². The maximum Gasteiger partial charge on any atom is 0.248 e. The normalized spacial score (nSPS) is 18.1. The fraction of sp³-hybridized carbons (Fsp3) is 0.455. The molecule has 14 nitrogen and oxygen atoms in total. The summed E-state index contributed by atoms with van der Waals surface area (Å²) in [5, 5.41) is 5.76. The average Bonchev–Trinajstić information content (AvgIpc) is 4.02. The van der Waals surface area contributed by atoms with Crippen LogP contribution in [0.15, 0.2) is 97.3 Å². The van der Waals surface area contributed by atoms with E-state index in [9.17, 15) is 9.59 Å². The third kappa shape index (κ3) is 11.0. The van der Waals surface area contributed by atoms with Crippen LogP contribution in [0.1, 0.15) is 69.6 Å². The van der Waals surface area contributed by atoms with Gasteiger partial charge in [-0.15, -0.1) is 0 Å². The molecule has 0 atom stereocenters. The molecule has 5 N–H and O–H groups in total. The SMILES string of the molecule is COc1cccc(N2CCN(C)CC2)c1CCN1CCC(n2ccc3ccc(C(N)=O)cc32)CC1.COc1cccc(N2CCNCC2)c1CCN1CCC(n2ccc3ccc(C(N)=O)cc32)CC1. The van der Waals surface area contributed by atoms with E-state index in [4.69, 9.17) is 20.9 Å². The highest BCUT2D eigenvalue weighted by Crippen LogP contribution is 2.35. The summed E-state index contributed by atoms with van der Waals surface area (Å²) in [4.78, 5) is 35.9. The highest BCUT2D eigenvalue weighted by Gasteiger charge is 2.26. The third-order valence-corrected chi connectivity index (χ3v) is 15.2. The number of carbonyl (C=O) groups excluding carboxylic acids is 2. The number of ether oxygens (including phenoxy) is 2. The number of rotatable bonds is 14. The topological polar surface area (TPSA) is 143 Å². The Morgan fingerprint density at radius 3 is 1.42 bits per heavy atom. The highest BCUT2D eigenvalue weighted by atomic mass is 16.5. The minimum atomic E-state index is -0.374. The van der Waals surface area contributed by atoms with Crippen molar-refractivity contribution in [2.75, 3.05) is 123 Å². The van der Waals surface area contributed by atoms with E-state index in [1.54, 1.807) is 14.2 Å². The zero-order valence-corrected chi connectivity index (χ0v) is 41.0. The summed E-state index contributed by atoms with van der Waals surface area (Å²) in [6.45, 7) is 14.8. The number of primary amides is 2. The number of hydrogen-bond acceptors (Lipinski definition) is 10. The number of methoxy groups -OCH3 is 2. The van der Waals surface area contributed by atoms with Crippen molar-refractivity contribution >= 4 is 45.0 Å². The van der Waals surface area contributed by atoms with Crippen LogP contribution in [0.4, 0.5) is 11.4 Å². The third-order valence-electron chi connectivity index (χ3n) is 15.2. The lowest BCUT2D eigenvalue weighted by molar-refractivity contribution is 0.0992. The number of benzene rings is 4. The average molecular weight is 937 g/mol. The first-order chi connectivity index (χ1) is 33.7. The van der Waals surface area contributed by atoms with Gasteiger partial charge in [0.15, 0.2) is 0 Å². The lowest BCUT2D eigenvalue weighted by Gasteiger charge is -2.36. The van der Waals surface area contributed by atoms with Gasteiger partial charge in [0.2, 0.25) is 11.8 Å². The predicted octanol–water partition coefficient (Wildman–Crippen LogP) is 6.42. The first kappa shape index (κ1) is 48.0. The number of nitrogens with zero attached hydrogens (tertiary/aromatic N) is 7. The largest absolute Gasteiger partial charge is 0.496 e. The van der Waals surface area contributed by atoms with E-state index >= 15 is 0 Å². The van der Waals surface area contributed by atoms with Crippen LogP contribution in [0.3, 0.4) is 0 Å². The summed E-state index contributed by atoms with van der Waals surface area (Å²) < 4.78 is 16.2. The molecule has 4 aromatic carbocycles. The summed E-state index contributed by atoms with van der Waals surface area (Å²) in [7, 11) is 5.75. The van der Waals surface area contributed by atoms with E-state index in [0.717, 1.165) is 163 Å². The first-order valence-corrected chi connectivity index (χ1v) is 25.1. The van der Waals surface area contributed by atoms with Gasteiger partial charge in [-0.3, -0.25) is 9.59 Å². The number of piperazine rings is 2. The van der Waals surface area contributed by atoms with Crippen LogP contribution in [0.2, 0.25) is 0 Å². The van der Waals surface area contributed by atoms with Gasteiger partial charge in [-0.05, 0) is 117 Å². The van der Waals surface area contributed by atoms with Gasteiger partial charge in [0.05, 0.1) is 14.2 Å². The highest BCUT2D eigenvalue weighted by molar-refractivity contribution is 5.97. The number of amides is 2. The van der Waals surface area contributed by atoms with Crippen molar-refractivity contribution in [3.05, 3.63) is 120 Å². The van der Waals surface area contributed by atoms with E-state index < -0.39 is 0 Å². The van der Waals surface area contributed by atoms with E-state index in [0.29, 0.717) is 23.2 Å². The number of aromatic nitrogens is 2. The molecule has 4 fully saturated rings. The lowest BCUT2D eigenvalue weighted by atomic mass is 10.0. The molecule has 6 aromatic rings. The number of piperidine rings is 2. The molecule has 4 aliphatic heterocycles. The van der Waals surface area contributed by atoms with Crippen LogP contribution in [-0.4, -0.2) is 149 Å². The summed E-state index contributed by atoms with van der Waals surface area (Å²) in [5.41, 5.74) is 19.7. The maximum atomic E-state index is 11.7. The Bertz CT molecular complexity index is 2680. The predicted molar refractivity (Wildman–Crippen MR) is 279 cm³/mol. The van der Waals surface area contributed by atoms with Crippen LogP contribution in [0, 0.1) is 0 Å². The van der Waals surface area contributed by atoms with Crippen LogP contribution >= 0.6 is 0 Å². The van der Waals surface area contributed by atoms with E-state index in [1.807, 2.05) is 36.4 Å². The van der Waals surface area contributed by atoms with Crippen molar-refractivity contribution in [1.29, 1.82) is 0 Å². The summed E-state index contributed by atoms with van der Waals surface area (Å²) in [5.74, 6) is 1.25. The molecule has 4 aliphatic rings. The quantitative estimate of drug-likeness (QED) is 0.112. The van der Waals surface area contributed by atoms with E-state index in [-0.39, 0.29) is 11.8 Å². The van der Waals surface area contributed by atoms with Crippen molar-refractivity contribution in [2.24, 2.45) is 11.5 Å². The first-order valence-electron chi connectivity index (χ1n) is 25.1. The summed E-state index contributed by atoms with van der Waals surface area (Å²) in [6, 6.07) is 29.5. The molecule has 0 spiro atoms. The van der Waals surface area contributed by atoms with Crippen LogP contribution in [0.25, 0.3) is 21.8 Å². The maximum absolute atomic E-state index is 11.7. The fourth-order valence-electron chi connectivity index (χ4n) is 11.2. The smallest absolute Gasteiger partial charge is 0.248 e. The number of likely N-dealkylation sites (tertiary alicyclic amines) is 2. The number of carbonyl (C=O) groups is 2. The molecule has 0 saturated carbocycles. The minimum Gasteiger partial charge on any atom is -0.496 e. The van der Waals surface area contributed by atoms with Gasteiger partial charge >= 0.3 is 0 Å².